The first kappa shape index (κ1) is 24.7. The Morgan fingerprint density at radius 1 is 1.07 bits per heavy atom. The Hall–Kier alpha value is -1.34. The molecule has 7 heteroatoms. The minimum atomic E-state index is -0.384. The number of esters is 1. The molecule has 28 heavy (non-hydrogen) atoms. The van der Waals surface area contributed by atoms with Crippen LogP contribution in [-0.4, -0.2) is 74.9 Å². The van der Waals surface area contributed by atoms with Gasteiger partial charge in [-0.25, -0.2) is 0 Å². The number of aliphatic imine (C=N–C) groups is 1. The molecule has 1 saturated heterocycles. The van der Waals surface area contributed by atoms with Crippen LogP contribution >= 0.6 is 0 Å². The molecule has 0 saturated carbocycles. The summed E-state index contributed by atoms with van der Waals surface area (Å²) in [5, 5.41) is 6.71. The van der Waals surface area contributed by atoms with Crippen molar-refractivity contribution in [2.45, 2.75) is 71.8 Å². The number of unbranched alkanes of at least 4 members (excludes halogenated alkanes) is 3. The smallest absolute Gasteiger partial charge is 0.306 e. The number of nitrogens with zero attached hydrogens (tertiary/aromatic N) is 2. The van der Waals surface area contributed by atoms with Crippen molar-refractivity contribution >= 4 is 11.9 Å². The average molecular weight is 399 g/mol. The van der Waals surface area contributed by atoms with Gasteiger partial charge in [0.05, 0.1) is 13.2 Å². The molecule has 0 atom stereocenters. The Bertz CT molecular complexity index is 443. The molecule has 0 aromatic carbocycles. The van der Waals surface area contributed by atoms with Gasteiger partial charge in [-0.1, -0.05) is 12.8 Å². The van der Waals surface area contributed by atoms with Gasteiger partial charge >= 0.3 is 5.97 Å². The molecule has 1 fully saturated rings. The average Bonchev–Trinajstić information content (AvgIpc) is 2.63. The van der Waals surface area contributed by atoms with E-state index in [0.29, 0.717) is 6.42 Å². The number of carbonyl (C=O) groups excluding carboxylic acids is 1. The quantitative estimate of drug-likeness (QED) is 0.228. The van der Waals surface area contributed by atoms with Crippen molar-refractivity contribution in [1.82, 2.24) is 15.5 Å². The fourth-order valence-electron chi connectivity index (χ4n) is 3.00. The lowest BCUT2D eigenvalue weighted by atomic mass is 10.1. The van der Waals surface area contributed by atoms with E-state index in [2.05, 4.69) is 27.4 Å². The Morgan fingerprint density at radius 3 is 2.46 bits per heavy atom. The van der Waals surface area contributed by atoms with E-state index in [1.807, 2.05) is 20.8 Å². The molecular weight excluding hydrogens is 356 g/mol. The normalized spacial score (nSPS) is 16.1. The minimum Gasteiger partial charge on any atom is -0.460 e. The molecule has 0 spiro atoms. The molecule has 0 unspecified atom stereocenters. The Balaban J connectivity index is 2.06. The van der Waals surface area contributed by atoms with E-state index in [0.717, 1.165) is 90.5 Å². The van der Waals surface area contributed by atoms with Gasteiger partial charge in [0.15, 0.2) is 5.96 Å². The van der Waals surface area contributed by atoms with Gasteiger partial charge < -0.3 is 20.1 Å². The second kappa shape index (κ2) is 14.6. The number of hydrogen-bond acceptors (Lipinski definition) is 5. The number of ether oxygens (including phenoxy) is 2. The van der Waals surface area contributed by atoms with E-state index in [4.69, 9.17) is 9.47 Å². The fraction of sp³-hybridized carbons (Fsp3) is 0.905. The third-order valence-electron chi connectivity index (χ3n) is 4.37. The maximum atomic E-state index is 11.7. The van der Waals surface area contributed by atoms with Gasteiger partial charge in [-0.15, -0.1) is 0 Å². The van der Waals surface area contributed by atoms with Crippen LogP contribution in [0.1, 0.15) is 66.2 Å². The third-order valence-corrected chi connectivity index (χ3v) is 4.37. The van der Waals surface area contributed by atoms with Gasteiger partial charge in [-0.05, 0) is 47.0 Å². The summed E-state index contributed by atoms with van der Waals surface area (Å²) in [4.78, 5) is 18.8. The number of nitrogens with one attached hydrogen (secondary N) is 2. The van der Waals surface area contributed by atoms with Crippen LogP contribution in [0.4, 0.5) is 0 Å². The van der Waals surface area contributed by atoms with Crippen molar-refractivity contribution in [3.63, 3.8) is 0 Å². The standard InChI is InChI=1S/C21H42N4O3/c1-5-22-20(24-13-10-14-25-15-17-27-18-16-25)23-12-9-7-6-8-11-19(26)28-21(2,3)4/h5-18H2,1-4H3,(H2,22,23,24). The maximum absolute atomic E-state index is 11.7. The van der Waals surface area contributed by atoms with Crippen LogP contribution in [0.15, 0.2) is 4.99 Å². The molecule has 0 aromatic heterocycles. The van der Waals surface area contributed by atoms with E-state index >= 15 is 0 Å². The first-order valence-corrected chi connectivity index (χ1v) is 10.9. The van der Waals surface area contributed by atoms with Crippen molar-refractivity contribution in [2.75, 3.05) is 52.5 Å². The summed E-state index contributed by atoms with van der Waals surface area (Å²) in [5.74, 6) is 0.808. The molecule has 0 aromatic rings. The molecule has 0 amide bonds. The summed E-state index contributed by atoms with van der Waals surface area (Å²) in [7, 11) is 0. The first-order valence-electron chi connectivity index (χ1n) is 10.9. The lowest BCUT2D eigenvalue weighted by Crippen LogP contribution is -2.38. The van der Waals surface area contributed by atoms with E-state index in [1.165, 1.54) is 0 Å². The molecule has 1 heterocycles. The SMILES string of the molecule is CCNC(=NCCCN1CCOCC1)NCCCCCCC(=O)OC(C)(C)C. The van der Waals surface area contributed by atoms with Crippen molar-refractivity contribution in [2.24, 2.45) is 4.99 Å². The topological polar surface area (TPSA) is 75.2 Å². The summed E-state index contributed by atoms with van der Waals surface area (Å²) in [5.41, 5.74) is -0.384. The largest absolute Gasteiger partial charge is 0.460 e. The second-order valence-electron chi connectivity index (χ2n) is 8.25. The van der Waals surface area contributed by atoms with Crippen LogP contribution in [0.5, 0.6) is 0 Å². The lowest BCUT2D eigenvalue weighted by molar-refractivity contribution is -0.154. The molecule has 1 aliphatic rings. The summed E-state index contributed by atoms with van der Waals surface area (Å²) < 4.78 is 10.7. The Morgan fingerprint density at radius 2 is 1.79 bits per heavy atom. The Labute approximate surface area is 171 Å². The third kappa shape index (κ3) is 13.8. The van der Waals surface area contributed by atoms with Crippen LogP contribution in [0.2, 0.25) is 0 Å². The van der Waals surface area contributed by atoms with E-state index in [1.54, 1.807) is 0 Å². The predicted octanol–water partition coefficient (Wildman–Crippen LogP) is 2.56. The number of morpholine rings is 1. The number of carbonyl (C=O) groups is 1. The zero-order chi connectivity index (χ0) is 20.7. The van der Waals surface area contributed by atoms with Gasteiger partial charge in [-0.3, -0.25) is 14.7 Å². The first-order chi connectivity index (χ1) is 13.4. The molecule has 1 aliphatic heterocycles. The van der Waals surface area contributed by atoms with Crippen molar-refractivity contribution < 1.29 is 14.3 Å². The van der Waals surface area contributed by atoms with Crippen LogP contribution in [0.25, 0.3) is 0 Å². The molecule has 0 bridgehead atoms. The maximum Gasteiger partial charge on any atom is 0.306 e. The highest BCUT2D eigenvalue weighted by Gasteiger charge is 2.15. The van der Waals surface area contributed by atoms with Gasteiger partial charge in [0.1, 0.15) is 5.60 Å². The van der Waals surface area contributed by atoms with Crippen LogP contribution in [-0.2, 0) is 14.3 Å². The molecule has 2 N–H and O–H groups in total. The summed E-state index contributed by atoms with van der Waals surface area (Å²) >= 11 is 0. The second-order valence-corrected chi connectivity index (χ2v) is 8.25. The highest BCUT2D eigenvalue weighted by Crippen LogP contribution is 2.11. The lowest BCUT2D eigenvalue weighted by Gasteiger charge is -2.26. The monoisotopic (exact) mass is 398 g/mol. The summed E-state index contributed by atoms with van der Waals surface area (Å²) in [6.45, 7) is 15.3. The predicted molar refractivity (Wildman–Crippen MR) is 115 cm³/mol. The highest BCUT2D eigenvalue weighted by molar-refractivity contribution is 5.79. The zero-order valence-electron chi connectivity index (χ0n) is 18.5. The fourth-order valence-corrected chi connectivity index (χ4v) is 3.00. The molecule has 0 aliphatic carbocycles. The van der Waals surface area contributed by atoms with E-state index in [9.17, 15) is 4.79 Å². The summed E-state index contributed by atoms with van der Waals surface area (Å²) in [6.07, 6.45) is 5.71. The molecule has 164 valence electrons. The molecule has 0 radical (unpaired) electrons. The van der Waals surface area contributed by atoms with Gasteiger partial charge in [0.2, 0.25) is 0 Å². The Kier molecular flexibility index (Phi) is 12.9. The van der Waals surface area contributed by atoms with E-state index < -0.39 is 0 Å². The van der Waals surface area contributed by atoms with Crippen molar-refractivity contribution in [1.29, 1.82) is 0 Å². The summed E-state index contributed by atoms with van der Waals surface area (Å²) in [6, 6.07) is 0. The van der Waals surface area contributed by atoms with Crippen molar-refractivity contribution in [3.8, 4) is 0 Å². The number of hydrogen-bond donors (Lipinski definition) is 2. The zero-order valence-corrected chi connectivity index (χ0v) is 18.5. The van der Waals surface area contributed by atoms with Crippen LogP contribution in [0.3, 0.4) is 0 Å². The van der Waals surface area contributed by atoms with Gasteiger partial charge in [0, 0.05) is 45.7 Å². The minimum absolute atomic E-state index is 0.0933. The number of guanidine groups is 1. The van der Waals surface area contributed by atoms with Crippen LogP contribution < -0.4 is 10.6 Å². The number of rotatable bonds is 12. The molecular formula is C21H42N4O3. The highest BCUT2D eigenvalue weighted by atomic mass is 16.6. The molecule has 7 nitrogen and oxygen atoms in total. The van der Waals surface area contributed by atoms with Gasteiger partial charge in [0.25, 0.3) is 0 Å². The van der Waals surface area contributed by atoms with Gasteiger partial charge in [-0.2, -0.15) is 0 Å². The van der Waals surface area contributed by atoms with E-state index in [-0.39, 0.29) is 11.6 Å². The van der Waals surface area contributed by atoms with Crippen LogP contribution in [0, 0.1) is 0 Å². The molecule has 1 rings (SSSR count). The van der Waals surface area contributed by atoms with Crippen molar-refractivity contribution in [3.05, 3.63) is 0 Å².